The third-order valence-corrected chi connectivity index (χ3v) is 14.6. The number of hydrogen-bond donors (Lipinski definition) is 0. The second kappa shape index (κ2) is 15.0. The van der Waals surface area contributed by atoms with E-state index in [0.717, 1.165) is 45.6 Å². The standard InChI is InChI=1S/C61H40N2OS/c1-4-18-41(19-5-1)42-34-36-45(37-35-42)62(43-20-6-2-7-21-43)55-30-16-25-48-49-26-17-31-56(60(49)65-59(48)55)63(44-22-8-3-9-23-44)46-38-39-52-50(40-46)47-24-10-11-27-51(47)61(52)53-28-12-14-32-57(53)64-58-33-15-13-29-54(58)61/h1-40H. The molecule has 0 atom stereocenters. The topological polar surface area (TPSA) is 15.7 Å². The molecule has 0 amide bonds. The first-order valence-corrected chi connectivity index (χ1v) is 23.0. The number of ether oxygens (including phenoxy) is 1. The maximum Gasteiger partial charge on any atom is 0.132 e. The number of benzene rings is 10. The first-order valence-electron chi connectivity index (χ1n) is 22.2. The molecule has 4 heteroatoms. The summed E-state index contributed by atoms with van der Waals surface area (Å²) >= 11 is 1.87. The summed E-state index contributed by atoms with van der Waals surface area (Å²) in [5.74, 6) is 1.80. The average molecular weight is 849 g/mol. The van der Waals surface area contributed by atoms with E-state index >= 15 is 0 Å². The van der Waals surface area contributed by atoms with Gasteiger partial charge >= 0.3 is 0 Å². The van der Waals surface area contributed by atoms with Gasteiger partial charge in [0.2, 0.25) is 0 Å². The average Bonchev–Trinajstić information content (AvgIpc) is 3.90. The van der Waals surface area contributed by atoms with Crippen molar-refractivity contribution in [3.8, 4) is 33.8 Å². The van der Waals surface area contributed by atoms with Crippen molar-refractivity contribution in [1.82, 2.24) is 0 Å². The highest BCUT2D eigenvalue weighted by atomic mass is 32.1. The van der Waals surface area contributed by atoms with Crippen LogP contribution < -0.4 is 14.5 Å². The van der Waals surface area contributed by atoms with Crippen molar-refractivity contribution >= 4 is 65.6 Å². The van der Waals surface area contributed by atoms with Crippen LogP contribution >= 0.6 is 11.3 Å². The van der Waals surface area contributed by atoms with E-state index in [0.29, 0.717) is 0 Å². The molecule has 1 spiro atoms. The predicted molar refractivity (Wildman–Crippen MR) is 272 cm³/mol. The molecule has 2 heterocycles. The van der Waals surface area contributed by atoms with Crippen LogP contribution in [0.25, 0.3) is 42.4 Å². The molecule has 0 bridgehead atoms. The smallest absolute Gasteiger partial charge is 0.132 e. The number of hydrogen-bond acceptors (Lipinski definition) is 4. The van der Waals surface area contributed by atoms with Crippen molar-refractivity contribution in [3.05, 3.63) is 265 Å². The van der Waals surface area contributed by atoms with Gasteiger partial charge in [0.05, 0.1) is 26.2 Å². The molecular formula is C61H40N2OS. The number of anilines is 6. The zero-order valence-corrected chi connectivity index (χ0v) is 36.1. The van der Waals surface area contributed by atoms with Crippen molar-refractivity contribution in [3.63, 3.8) is 0 Å². The fourth-order valence-corrected chi connectivity index (χ4v) is 11.9. The summed E-state index contributed by atoms with van der Waals surface area (Å²) in [5.41, 5.74) is 15.9. The van der Waals surface area contributed by atoms with E-state index < -0.39 is 5.41 Å². The van der Waals surface area contributed by atoms with E-state index in [1.54, 1.807) is 0 Å². The highest BCUT2D eigenvalue weighted by Gasteiger charge is 2.51. The van der Waals surface area contributed by atoms with Crippen LogP contribution in [-0.2, 0) is 5.41 Å². The molecule has 0 N–H and O–H groups in total. The Morgan fingerprint density at radius 3 is 1.37 bits per heavy atom. The lowest BCUT2D eigenvalue weighted by atomic mass is 9.66. The second-order valence-electron chi connectivity index (χ2n) is 16.8. The Hall–Kier alpha value is -8.18. The molecule has 2 aliphatic rings. The summed E-state index contributed by atoms with van der Waals surface area (Å²) in [6, 6.07) is 87.9. The minimum Gasteiger partial charge on any atom is -0.457 e. The van der Waals surface area contributed by atoms with Crippen molar-refractivity contribution in [1.29, 1.82) is 0 Å². The summed E-state index contributed by atoms with van der Waals surface area (Å²) in [6.45, 7) is 0. The minimum absolute atomic E-state index is 0.526. The lowest BCUT2D eigenvalue weighted by Crippen LogP contribution is -2.32. The third kappa shape index (κ3) is 5.74. The SMILES string of the molecule is c1ccc(-c2ccc(N(c3ccccc3)c3cccc4c3sc3c(N(c5ccccc5)c5ccc6c(c5)-c5ccccc5C65c6ccccc6Oc6ccccc65)cccc34)cc2)cc1. The van der Waals surface area contributed by atoms with E-state index in [2.05, 4.69) is 252 Å². The molecule has 0 unspecified atom stereocenters. The van der Waals surface area contributed by atoms with Gasteiger partial charge in [0.25, 0.3) is 0 Å². The maximum atomic E-state index is 6.62. The molecule has 11 aromatic rings. The van der Waals surface area contributed by atoms with Gasteiger partial charge in [0.15, 0.2) is 0 Å². The first kappa shape index (κ1) is 37.4. The van der Waals surface area contributed by atoms with Crippen molar-refractivity contribution in [2.24, 2.45) is 0 Å². The van der Waals surface area contributed by atoms with Crippen LogP contribution in [0.5, 0.6) is 11.5 Å². The predicted octanol–water partition coefficient (Wildman–Crippen LogP) is 17.1. The molecule has 0 radical (unpaired) electrons. The molecule has 0 saturated carbocycles. The number of fused-ring (bicyclic) bond motifs is 12. The van der Waals surface area contributed by atoms with Gasteiger partial charge in [-0.15, -0.1) is 11.3 Å². The van der Waals surface area contributed by atoms with E-state index in [1.807, 2.05) is 11.3 Å². The van der Waals surface area contributed by atoms with Gasteiger partial charge in [-0.25, -0.2) is 0 Å². The van der Waals surface area contributed by atoms with Crippen molar-refractivity contribution < 1.29 is 4.74 Å². The fraction of sp³-hybridized carbons (Fsp3) is 0.0164. The fourth-order valence-electron chi connectivity index (χ4n) is 10.6. The summed E-state index contributed by atoms with van der Waals surface area (Å²) in [7, 11) is 0. The summed E-state index contributed by atoms with van der Waals surface area (Å²) in [5, 5.41) is 2.47. The molecule has 1 aromatic heterocycles. The molecule has 1 aliphatic carbocycles. The minimum atomic E-state index is -0.526. The lowest BCUT2D eigenvalue weighted by molar-refractivity contribution is 0.436. The largest absolute Gasteiger partial charge is 0.457 e. The normalized spacial score (nSPS) is 12.9. The van der Waals surface area contributed by atoms with E-state index in [-0.39, 0.29) is 0 Å². The van der Waals surface area contributed by atoms with Crippen molar-refractivity contribution in [2.75, 3.05) is 9.80 Å². The lowest BCUT2D eigenvalue weighted by Gasteiger charge is -2.39. The quantitative estimate of drug-likeness (QED) is 0.159. The van der Waals surface area contributed by atoms with E-state index in [1.165, 1.54) is 64.7 Å². The summed E-state index contributed by atoms with van der Waals surface area (Å²) in [6.07, 6.45) is 0. The summed E-state index contributed by atoms with van der Waals surface area (Å²) < 4.78 is 9.09. The van der Waals surface area contributed by atoms with Crippen LogP contribution in [0.3, 0.4) is 0 Å². The van der Waals surface area contributed by atoms with Gasteiger partial charge in [0.1, 0.15) is 11.5 Å². The Morgan fingerprint density at radius 2 is 0.769 bits per heavy atom. The zero-order valence-electron chi connectivity index (χ0n) is 35.3. The molecule has 306 valence electrons. The Morgan fingerprint density at radius 1 is 0.323 bits per heavy atom. The van der Waals surface area contributed by atoms with Crippen molar-refractivity contribution in [2.45, 2.75) is 5.41 Å². The van der Waals surface area contributed by atoms with Gasteiger partial charge in [0, 0.05) is 44.6 Å². The van der Waals surface area contributed by atoms with Crippen LogP contribution in [-0.4, -0.2) is 0 Å². The second-order valence-corrected chi connectivity index (χ2v) is 17.8. The van der Waals surface area contributed by atoms with Gasteiger partial charge in [-0.3, -0.25) is 0 Å². The maximum absolute atomic E-state index is 6.62. The molecule has 65 heavy (non-hydrogen) atoms. The zero-order chi connectivity index (χ0) is 42.9. The third-order valence-electron chi connectivity index (χ3n) is 13.3. The Balaban J connectivity index is 1.00. The molecule has 3 nitrogen and oxygen atoms in total. The molecular weight excluding hydrogens is 809 g/mol. The Kier molecular flexibility index (Phi) is 8.62. The molecule has 13 rings (SSSR count). The number of thiophene rings is 1. The van der Waals surface area contributed by atoms with Gasteiger partial charge in [-0.1, -0.05) is 170 Å². The van der Waals surface area contributed by atoms with Gasteiger partial charge in [-0.2, -0.15) is 0 Å². The molecule has 0 saturated heterocycles. The van der Waals surface area contributed by atoms with Gasteiger partial charge in [-0.05, 0) is 106 Å². The molecule has 0 fully saturated rings. The van der Waals surface area contributed by atoms with E-state index in [4.69, 9.17) is 4.74 Å². The number of rotatable bonds is 7. The van der Waals surface area contributed by atoms with E-state index in [9.17, 15) is 0 Å². The number of nitrogens with zero attached hydrogens (tertiary/aromatic N) is 2. The van der Waals surface area contributed by atoms with Crippen LogP contribution in [0.2, 0.25) is 0 Å². The van der Waals surface area contributed by atoms with Crippen LogP contribution in [0.15, 0.2) is 243 Å². The van der Waals surface area contributed by atoms with Gasteiger partial charge < -0.3 is 14.5 Å². The molecule has 1 aliphatic heterocycles. The Bertz CT molecular complexity index is 3540. The Labute approximate surface area is 382 Å². The number of para-hydroxylation sites is 4. The molecule has 10 aromatic carbocycles. The highest BCUT2D eigenvalue weighted by Crippen LogP contribution is 2.62. The van der Waals surface area contributed by atoms with Crippen LogP contribution in [0.1, 0.15) is 22.3 Å². The highest BCUT2D eigenvalue weighted by molar-refractivity contribution is 7.27. The monoisotopic (exact) mass is 848 g/mol. The first-order chi connectivity index (χ1) is 32.3. The summed E-state index contributed by atoms with van der Waals surface area (Å²) in [4.78, 5) is 4.86. The van der Waals surface area contributed by atoms with Crippen LogP contribution in [0, 0.1) is 0 Å². The van der Waals surface area contributed by atoms with Crippen LogP contribution in [0.4, 0.5) is 34.1 Å².